The normalized spacial score (nSPS) is 11.2. The second-order valence-electron chi connectivity index (χ2n) is 3.78. The van der Waals surface area contributed by atoms with Crippen LogP contribution >= 0.6 is 0 Å². The van der Waals surface area contributed by atoms with Crippen LogP contribution in [0.4, 0.5) is 0 Å². The fraction of sp³-hybridized carbons (Fsp3) is 0.643. The third-order valence-electron chi connectivity index (χ3n) is 2.32. The number of rotatable bonds is 9. The second kappa shape index (κ2) is 13.0. The number of allylic oxidation sites excluding steroid dienone is 4. The smallest absolute Gasteiger partial charge is 0.0908 e. The van der Waals surface area contributed by atoms with Crippen LogP contribution in [0.25, 0.3) is 0 Å². The molecule has 0 amide bonds. The van der Waals surface area contributed by atoms with E-state index < -0.39 is 0 Å². The van der Waals surface area contributed by atoms with E-state index in [-0.39, 0.29) is 0 Å². The molecule has 0 rings (SSSR count). The van der Waals surface area contributed by atoms with Crippen molar-refractivity contribution in [3.05, 3.63) is 24.3 Å². The van der Waals surface area contributed by atoms with Gasteiger partial charge >= 0.3 is 0 Å². The van der Waals surface area contributed by atoms with Gasteiger partial charge in [-0.05, 0) is 38.5 Å². The largest absolute Gasteiger partial charge is 0.193 e. The van der Waals surface area contributed by atoms with Gasteiger partial charge in [0.15, 0.2) is 0 Å². The molecular formula is C14H23N. The summed E-state index contributed by atoms with van der Waals surface area (Å²) in [5.74, 6) is 0. The zero-order chi connectivity index (χ0) is 11.2. The number of unbranched alkanes of at least 4 members (excludes halogenated alkanes) is 6. The van der Waals surface area contributed by atoms with Crippen molar-refractivity contribution in [2.45, 2.75) is 58.3 Å². The van der Waals surface area contributed by atoms with Gasteiger partial charge in [-0.3, -0.25) is 0 Å². The van der Waals surface area contributed by atoms with E-state index in [9.17, 15) is 0 Å². The molecule has 1 heteroatoms. The van der Waals surface area contributed by atoms with Gasteiger partial charge in [0.05, 0.1) is 6.07 Å². The van der Waals surface area contributed by atoms with Crippen LogP contribution in [-0.4, -0.2) is 0 Å². The molecular weight excluding hydrogens is 182 g/mol. The standard InChI is InChI=1S/C14H23N/c1-2-3-4-5-6-7-8-9-10-11-12-13-14-15/h6-7,12-13H,2-5,8-11H2,1H3. The summed E-state index contributed by atoms with van der Waals surface area (Å²) in [4.78, 5) is 0. The molecule has 0 aromatic heterocycles. The first-order chi connectivity index (χ1) is 7.41. The van der Waals surface area contributed by atoms with Gasteiger partial charge in [0.2, 0.25) is 0 Å². The highest BCUT2D eigenvalue weighted by Crippen LogP contribution is 2.04. The van der Waals surface area contributed by atoms with E-state index in [1.807, 2.05) is 12.1 Å². The average Bonchev–Trinajstić information content (AvgIpc) is 2.26. The lowest BCUT2D eigenvalue weighted by Gasteiger charge is -1.93. The monoisotopic (exact) mass is 205 g/mol. The van der Waals surface area contributed by atoms with E-state index in [0.29, 0.717) is 0 Å². The molecule has 0 bridgehead atoms. The van der Waals surface area contributed by atoms with Crippen LogP contribution in [-0.2, 0) is 0 Å². The summed E-state index contributed by atoms with van der Waals surface area (Å²) in [6.45, 7) is 2.23. The van der Waals surface area contributed by atoms with Crippen molar-refractivity contribution >= 4 is 0 Å². The number of hydrogen-bond acceptors (Lipinski definition) is 1. The Morgan fingerprint density at radius 1 is 0.867 bits per heavy atom. The summed E-state index contributed by atoms with van der Waals surface area (Å²) in [6, 6.07) is 2.00. The van der Waals surface area contributed by atoms with Crippen molar-refractivity contribution in [2.75, 3.05) is 0 Å². The van der Waals surface area contributed by atoms with Crippen molar-refractivity contribution in [3.8, 4) is 6.07 Å². The Labute approximate surface area is 94.5 Å². The summed E-state index contributed by atoms with van der Waals surface area (Å²) >= 11 is 0. The predicted molar refractivity (Wildman–Crippen MR) is 66.5 cm³/mol. The summed E-state index contributed by atoms with van der Waals surface area (Å²) in [5.41, 5.74) is 0. The fourth-order valence-electron chi connectivity index (χ4n) is 1.41. The van der Waals surface area contributed by atoms with Crippen molar-refractivity contribution in [2.24, 2.45) is 0 Å². The first kappa shape index (κ1) is 14.0. The van der Waals surface area contributed by atoms with Gasteiger partial charge in [-0.2, -0.15) is 5.26 Å². The van der Waals surface area contributed by atoms with E-state index in [1.165, 1.54) is 44.9 Å². The van der Waals surface area contributed by atoms with E-state index in [4.69, 9.17) is 5.26 Å². The maximum atomic E-state index is 8.26. The van der Waals surface area contributed by atoms with Crippen LogP contribution in [0.3, 0.4) is 0 Å². The highest BCUT2D eigenvalue weighted by Gasteiger charge is 1.84. The first-order valence-electron chi connectivity index (χ1n) is 6.11. The molecule has 0 aromatic carbocycles. The van der Waals surface area contributed by atoms with Crippen LogP contribution in [0.15, 0.2) is 24.3 Å². The molecule has 0 spiro atoms. The molecule has 0 aliphatic carbocycles. The topological polar surface area (TPSA) is 23.8 Å². The Bertz CT molecular complexity index is 208. The molecule has 0 aromatic rings. The molecule has 84 valence electrons. The number of hydrogen-bond donors (Lipinski definition) is 0. The second-order valence-corrected chi connectivity index (χ2v) is 3.78. The predicted octanol–water partition coefficient (Wildman–Crippen LogP) is 4.76. The third-order valence-corrected chi connectivity index (χ3v) is 2.32. The fourth-order valence-corrected chi connectivity index (χ4v) is 1.41. The molecule has 0 heterocycles. The molecule has 0 fully saturated rings. The highest BCUT2D eigenvalue weighted by atomic mass is 14.2. The Kier molecular flexibility index (Phi) is 12.1. The summed E-state index contributed by atoms with van der Waals surface area (Å²) in [6.07, 6.45) is 18.0. The van der Waals surface area contributed by atoms with Crippen molar-refractivity contribution in [1.29, 1.82) is 5.26 Å². The van der Waals surface area contributed by atoms with Crippen LogP contribution in [0, 0.1) is 11.3 Å². The van der Waals surface area contributed by atoms with Crippen LogP contribution in [0.5, 0.6) is 0 Å². The van der Waals surface area contributed by atoms with Crippen molar-refractivity contribution < 1.29 is 0 Å². The number of nitriles is 1. The molecule has 0 saturated heterocycles. The molecule has 0 unspecified atom stereocenters. The molecule has 0 aliphatic rings. The molecule has 1 nitrogen and oxygen atoms in total. The molecule has 15 heavy (non-hydrogen) atoms. The third kappa shape index (κ3) is 13.0. The highest BCUT2D eigenvalue weighted by molar-refractivity contribution is 5.01. The minimum absolute atomic E-state index is 1.04. The minimum atomic E-state index is 1.04. The quantitative estimate of drug-likeness (QED) is 0.302. The molecule has 0 saturated carbocycles. The van der Waals surface area contributed by atoms with Crippen LogP contribution in [0.1, 0.15) is 58.3 Å². The van der Waals surface area contributed by atoms with E-state index in [0.717, 1.165) is 6.42 Å². The van der Waals surface area contributed by atoms with Gasteiger partial charge in [-0.15, -0.1) is 0 Å². The van der Waals surface area contributed by atoms with Gasteiger partial charge in [0.25, 0.3) is 0 Å². The average molecular weight is 205 g/mol. The summed E-state index contributed by atoms with van der Waals surface area (Å²) in [7, 11) is 0. The number of nitrogens with zero attached hydrogens (tertiary/aromatic N) is 1. The SMILES string of the molecule is CCCCCC=CCCCCC=CC#N. The zero-order valence-electron chi connectivity index (χ0n) is 9.91. The maximum Gasteiger partial charge on any atom is 0.0908 e. The zero-order valence-corrected chi connectivity index (χ0v) is 9.91. The van der Waals surface area contributed by atoms with Gasteiger partial charge in [0.1, 0.15) is 0 Å². The van der Waals surface area contributed by atoms with E-state index in [1.54, 1.807) is 6.08 Å². The van der Waals surface area contributed by atoms with Crippen LogP contribution < -0.4 is 0 Å². The minimum Gasteiger partial charge on any atom is -0.193 e. The lowest BCUT2D eigenvalue weighted by Crippen LogP contribution is -1.74. The van der Waals surface area contributed by atoms with Gasteiger partial charge in [-0.1, -0.05) is 38.0 Å². The Morgan fingerprint density at radius 2 is 1.40 bits per heavy atom. The first-order valence-corrected chi connectivity index (χ1v) is 6.11. The van der Waals surface area contributed by atoms with E-state index in [2.05, 4.69) is 19.1 Å². The lowest BCUT2D eigenvalue weighted by molar-refractivity contribution is 0.723. The summed E-state index contributed by atoms with van der Waals surface area (Å²) in [5, 5.41) is 8.26. The van der Waals surface area contributed by atoms with E-state index >= 15 is 0 Å². The maximum absolute atomic E-state index is 8.26. The Balaban J connectivity index is 3.10. The Morgan fingerprint density at radius 3 is 1.93 bits per heavy atom. The van der Waals surface area contributed by atoms with Crippen molar-refractivity contribution in [1.82, 2.24) is 0 Å². The van der Waals surface area contributed by atoms with Crippen molar-refractivity contribution in [3.63, 3.8) is 0 Å². The Hall–Kier alpha value is -1.03. The lowest BCUT2D eigenvalue weighted by atomic mass is 10.1. The molecule has 0 N–H and O–H groups in total. The molecule has 0 atom stereocenters. The van der Waals surface area contributed by atoms with Gasteiger partial charge in [0, 0.05) is 6.08 Å². The van der Waals surface area contributed by atoms with Gasteiger partial charge < -0.3 is 0 Å². The van der Waals surface area contributed by atoms with Crippen LogP contribution in [0.2, 0.25) is 0 Å². The van der Waals surface area contributed by atoms with Gasteiger partial charge in [-0.25, -0.2) is 0 Å². The summed E-state index contributed by atoms with van der Waals surface area (Å²) < 4.78 is 0. The molecule has 0 aliphatic heterocycles. The molecule has 0 radical (unpaired) electrons.